The summed E-state index contributed by atoms with van der Waals surface area (Å²) in [5, 5.41) is 3.34. The molecule has 0 saturated carbocycles. The molecule has 1 aromatic carbocycles. The molecule has 0 unspecified atom stereocenters. The molecule has 3 rings (SSSR count). The third-order valence-corrected chi connectivity index (χ3v) is 8.12. The maximum absolute atomic E-state index is 12.8. The Morgan fingerprint density at radius 2 is 1.87 bits per heavy atom. The van der Waals surface area contributed by atoms with E-state index in [0.717, 1.165) is 42.9 Å². The van der Waals surface area contributed by atoms with Crippen LogP contribution in [-0.2, 0) is 27.5 Å². The maximum atomic E-state index is 12.8. The summed E-state index contributed by atoms with van der Waals surface area (Å²) in [5.41, 5.74) is 1.72. The first-order valence-electron chi connectivity index (χ1n) is 10.5. The average Bonchev–Trinajstić information content (AvgIpc) is 3.11. The number of carbonyl (C=O) groups excluding carboxylic acids is 2. The van der Waals surface area contributed by atoms with Gasteiger partial charge in [0, 0.05) is 23.5 Å². The number of anilines is 1. The van der Waals surface area contributed by atoms with Gasteiger partial charge in [0.2, 0.25) is 0 Å². The van der Waals surface area contributed by atoms with Crippen LogP contribution < -0.4 is 5.32 Å². The van der Waals surface area contributed by atoms with Crippen molar-refractivity contribution < 1.29 is 22.7 Å². The van der Waals surface area contributed by atoms with E-state index in [2.05, 4.69) is 17.1 Å². The molecule has 1 amide bonds. The molecule has 0 fully saturated rings. The fraction of sp³-hybridized carbons (Fsp3) is 0.455. The van der Waals surface area contributed by atoms with Gasteiger partial charge in [-0.05, 0) is 56.1 Å². The van der Waals surface area contributed by atoms with Gasteiger partial charge in [0.25, 0.3) is 5.91 Å². The van der Waals surface area contributed by atoms with Crippen LogP contribution in [0.15, 0.2) is 29.2 Å². The standard InChI is InChI=1S/C22H28N2O5S2/c1-4-12-24-13-11-17-18(14-24)30-21(19(17)22(26)29-5-2)23-20(25)15-7-9-16(10-8-15)31(27,28)6-3/h7-10H,4-6,11-14H2,1-3H3,(H,23,25). The molecule has 0 atom stereocenters. The van der Waals surface area contributed by atoms with Gasteiger partial charge >= 0.3 is 5.97 Å². The van der Waals surface area contributed by atoms with Crippen LogP contribution in [-0.4, -0.2) is 50.6 Å². The van der Waals surface area contributed by atoms with Crippen molar-refractivity contribution in [3.05, 3.63) is 45.8 Å². The van der Waals surface area contributed by atoms with Crippen molar-refractivity contribution in [2.45, 2.75) is 45.1 Å². The smallest absolute Gasteiger partial charge is 0.341 e. The van der Waals surface area contributed by atoms with Crippen molar-refractivity contribution in [2.75, 3.05) is 30.8 Å². The zero-order valence-corrected chi connectivity index (χ0v) is 19.7. The molecule has 0 saturated heterocycles. The summed E-state index contributed by atoms with van der Waals surface area (Å²) in [7, 11) is -3.33. The number of hydrogen-bond acceptors (Lipinski definition) is 7. The molecule has 31 heavy (non-hydrogen) atoms. The van der Waals surface area contributed by atoms with Crippen LogP contribution in [0.3, 0.4) is 0 Å². The summed E-state index contributed by atoms with van der Waals surface area (Å²) in [4.78, 5) is 29.1. The second kappa shape index (κ2) is 9.93. The highest BCUT2D eigenvalue weighted by Crippen LogP contribution is 2.38. The van der Waals surface area contributed by atoms with Crippen LogP contribution in [0.4, 0.5) is 5.00 Å². The molecule has 9 heteroatoms. The summed E-state index contributed by atoms with van der Waals surface area (Å²) in [6.07, 6.45) is 1.79. The fourth-order valence-corrected chi connectivity index (χ4v) is 5.78. The van der Waals surface area contributed by atoms with Crippen LogP contribution in [0.1, 0.15) is 58.3 Å². The number of benzene rings is 1. The predicted octanol–water partition coefficient (Wildman–Crippen LogP) is 3.74. The lowest BCUT2D eigenvalue weighted by Gasteiger charge is -2.26. The SMILES string of the molecule is CCCN1CCc2c(sc(NC(=O)c3ccc(S(=O)(=O)CC)cc3)c2C(=O)OCC)C1. The van der Waals surface area contributed by atoms with Crippen molar-refractivity contribution in [3.63, 3.8) is 0 Å². The Hall–Kier alpha value is -2.23. The number of carbonyl (C=O) groups is 2. The molecule has 2 heterocycles. The highest BCUT2D eigenvalue weighted by Gasteiger charge is 2.29. The monoisotopic (exact) mass is 464 g/mol. The van der Waals surface area contributed by atoms with E-state index in [-0.39, 0.29) is 17.3 Å². The van der Waals surface area contributed by atoms with Crippen LogP contribution in [0, 0.1) is 0 Å². The lowest BCUT2D eigenvalue weighted by atomic mass is 10.0. The molecule has 168 valence electrons. The van der Waals surface area contributed by atoms with Gasteiger partial charge in [0.1, 0.15) is 5.00 Å². The number of ether oxygens (including phenoxy) is 1. The molecular weight excluding hydrogens is 436 g/mol. The second-order valence-corrected chi connectivity index (χ2v) is 10.7. The van der Waals surface area contributed by atoms with Crippen molar-refractivity contribution in [3.8, 4) is 0 Å². The van der Waals surface area contributed by atoms with Gasteiger partial charge < -0.3 is 10.1 Å². The second-order valence-electron chi connectivity index (χ2n) is 7.34. The van der Waals surface area contributed by atoms with Crippen molar-refractivity contribution in [2.24, 2.45) is 0 Å². The minimum absolute atomic E-state index is 0.00274. The zero-order valence-electron chi connectivity index (χ0n) is 18.1. The number of amides is 1. The topological polar surface area (TPSA) is 92.8 Å². The average molecular weight is 465 g/mol. The van der Waals surface area contributed by atoms with Crippen molar-refractivity contribution >= 4 is 38.1 Å². The number of sulfone groups is 1. The van der Waals surface area contributed by atoms with Gasteiger partial charge in [-0.2, -0.15) is 0 Å². The Balaban J connectivity index is 1.88. The van der Waals surface area contributed by atoms with E-state index < -0.39 is 21.7 Å². The summed E-state index contributed by atoms with van der Waals surface area (Å²) in [6, 6.07) is 5.83. The highest BCUT2D eigenvalue weighted by atomic mass is 32.2. The third kappa shape index (κ3) is 5.16. The number of nitrogens with one attached hydrogen (secondary N) is 1. The molecule has 1 N–H and O–H groups in total. The molecule has 1 aliphatic rings. The number of rotatable bonds is 8. The molecule has 1 aliphatic heterocycles. The number of hydrogen-bond donors (Lipinski definition) is 1. The number of thiophene rings is 1. The van der Waals surface area contributed by atoms with E-state index in [0.29, 0.717) is 16.1 Å². The quantitative estimate of drug-likeness (QED) is 0.599. The molecule has 7 nitrogen and oxygen atoms in total. The third-order valence-electron chi connectivity index (χ3n) is 5.24. The van der Waals surface area contributed by atoms with E-state index in [1.807, 2.05) is 0 Å². The van der Waals surface area contributed by atoms with Gasteiger partial charge in [-0.1, -0.05) is 13.8 Å². The summed E-state index contributed by atoms with van der Waals surface area (Å²) in [5.74, 6) is -0.823. The molecule has 1 aromatic heterocycles. The zero-order chi connectivity index (χ0) is 22.6. The van der Waals surface area contributed by atoms with Crippen LogP contribution >= 0.6 is 11.3 Å². The van der Waals surface area contributed by atoms with Crippen molar-refractivity contribution in [1.82, 2.24) is 4.90 Å². The van der Waals surface area contributed by atoms with Crippen LogP contribution in [0.25, 0.3) is 0 Å². The van der Waals surface area contributed by atoms with Gasteiger partial charge in [0.15, 0.2) is 9.84 Å². The largest absolute Gasteiger partial charge is 0.462 e. The molecule has 0 aliphatic carbocycles. The van der Waals surface area contributed by atoms with Gasteiger partial charge in [-0.15, -0.1) is 11.3 Å². The molecule has 0 radical (unpaired) electrons. The minimum Gasteiger partial charge on any atom is -0.462 e. The molecular formula is C22H28N2O5S2. The molecule has 0 bridgehead atoms. The lowest BCUT2D eigenvalue weighted by Crippen LogP contribution is -2.30. The lowest BCUT2D eigenvalue weighted by molar-refractivity contribution is 0.0526. The number of fused-ring (bicyclic) bond motifs is 1. The number of nitrogens with zero attached hydrogens (tertiary/aromatic N) is 1. The highest BCUT2D eigenvalue weighted by molar-refractivity contribution is 7.91. The van der Waals surface area contributed by atoms with E-state index in [4.69, 9.17) is 4.74 Å². The first-order chi connectivity index (χ1) is 14.8. The summed E-state index contributed by atoms with van der Waals surface area (Å²) in [6.45, 7) is 8.32. The maximum Gasteiger partial charge on any atom is 0.341 e. The Morgan fingerprint density at radius 3 is 2.48 bits per heavy atom. The van der Waals surface area contributed by atoms with E-state index in [1.165, 1.54) is 35.6 Å². The summed E-state index contributed by atoms with van der Waals surface area (Å²) < 4.78 is 29.2. The van der Waals surface area contributed by atoms with Gasteiger partial charge in [-0.25, -0.2) is 13.2 Å². The molecule has 2 aromatic rings. The fourth-order valence-electron chi connectivity index (χ4n) is 3.63. The Bertz CT molecular complexity index is 1060. The van der Waals surface area contributed by atoms with E-state index >= 15 is 0 Å². The van der Waals surface area contributed by atoms with Gasteiger partial charge in [-0.3, -0.25) is 9.69 Å². The Labute approximate surface area is 187 Å². The van der Waals surface area contributed by atoms with Gasteiger partial charge in [0.05, 0.1) is 22.8 Å². The first kappa shape index (κ1) is 23.4. The van der Waals surface area contributed by atoms with Crippen LogP contribution in [0.5, 0.6) is 0 Å². The molecule has 0 spiro atoms. The first-order valence-corrected chi connectivity index (χ1v) is 13.0. The summed E-state index contributed by atoms with van der Waals surface area (Å²) >= 11 is 1.41. The van der Waals surface area contributed by atoms with Crippen LogP contribution in [0.2, 0.25) is 0 Å². The minimum atomic E-state index is -3.33. The van der Waals surface area contributed by atoms with E-state index in [1.54, 1.807) is 13.8 Å². The van der Waals surface area contributed by atoms with Crippen molar-refractivity contribution in [1.29, 1.82) is 0 Å². The normalized spacial score (nSPS) is 14.2. The number of esters is 1. The Morgan fingerprint density at radius 1 is 1.16 bits per heavy atom. The Kier molecular flexibility index (Phi) is 7.51. The van der Waals surface area contributed by atoms with E-state index in [9.17, 15) is 18.0 Å². The predicted molar refractivity (Wildman–Crippen MR) is 122 cm³/mol.